The number of ether oxygens (including phenoxy) is 1. The van der Waals surface area contributed by atoms with Gasteiger partial charge in [0.05, 0.1) is 17.7 Å². The molecule has 4 rings (SSSR count). The van der Waals surface area contributed by atoms with E-state index in [-0.39, 0.29) is 17.8 Å². The van der Waals surface area contributed by atoms with Crippen molar-refractivity contribution in [3.63, 3.8) is 0 Å². The number of pyridine rings is 1. The van der Waals surface area contributed by atoms with Crippen LogP contribution in [0.5, 0.6) is 0 Å². The van der Waals surface area contributed by atoms with Gasteiger partial charge in [-0.3, -0.25) is 0 Å². The number of aromatic nitrogens is 1. The molecule has 0 aliphatic carbocycles. The Morgan fingerprint density at radius 1 is 1.33 bits per heavy atom. The molecule has 0 amide bonds. The van der Waals surface area contributed by atoms with E-state index in [1.807, 2.05) is 19.1 Å². The van der Waals surface area contributed by atoms with Gasteiger partial charge in [-0.05, 0) is 50.5 Å². The van der Waals surface area contributed by atoms with Gasteiger partial charge in [0.2, 0.25) is 0 Å². The van der Waals surface area contributed by atoms with Crippen molar-refractivity contribution in [2.45, 2.75) is 37.8 Å². The lowest BCUT2D eigenvalue weighted by Crippen LogP contribution is -2.52. The van der Waals surface area contributed by atoms with Gasteiger partial charge < -0.3 is 14.7 Å². The standard InChI is InChI=1S/C19H23FN2O2/c1-19(23)8-10-24-12-15(19)17-3-2-9-22(17)18-7-5-13-4-6-14(20)11-16(13)21-18/h4-7,11,15,17,23H,2-3,8-10,12H2,1H3/t15-,17+,19-/m0/s1. The fourth-order valence-corrected chi connectivity index (χ4v) is 4.11. The first kappa shape index (κ1) is 15.8. The minimum absolute atomic E-state index is 0.0683. The van der Waals surface area contributed by atoms with E-state index in [0.717, 1.165) is 30.6 Å². The maximum absolute atomic E-state index is 13.5. The molecule has 0 radical (unpaired) electrons. The smallest absolute Gasteiger partial charge is 0.129 e. The molecule has 2 saturated heterocycles. The minimum Gasteiger partial charge on any atom is -0.390 e. The molecule has 1 aromatic carbocycles. The maximum atomic E-state index is 13.5. The zero-order valence-electron chi connectivity index (χ0n) is 13.9. The van der Waals surface area contributed by atoms with Crippen molar-refractivity contribution in [3.05, 3.63) is 36.1 Å². The van der Waals surface area contributed by atoms with Gasteiger partial charge in [0.1, 0.15) is 11.6 Å². The highest BCUT2D eigenvalue weighted by molar-refractivity contribution is 5.80. The monoisotopic (exact) mass is 330 g/mol. The van der Waals surface area contributed by atoms with Gasteiger partial charge in [0, 0.05) is 36.6 Å². The molecule has 1 N–H and O–H groups in total. The molecule has 2 aliphatic rings. The Labute approximate surface area is 141 Å². The SMILES string of the molecule is C[C@]1(O)CCOC[C@H]1[C@H]1CCCN1c1ccc2ccc(F)cc2n1. The molecule has 0 saturated carbocycles. The molecule has 0 bridgehead atoms. The number of fused-ring (bicyclic) bond motifs is 1. The topological polar surface area (TPSA) is 45.6 Å². The summed E-state index contributed by atoms with van der Waals surface area (Å²) in [6, 6.07) is 8.88. The number of rotatable bonds is 2. The molecule has 5 heteroatoms. The van der Waals surface area contributed by atoms with Gasteiger partial charge >= 0.3 is 0 Å². The van der Waals surface area contributed by atoms with Crippen molar-refractivity contribution in [1.82, 2.24) is 4.98 Å². The molecule has 0 unspecified atom stereocenters. The Balaban J connectivity index is 1.67. The maximum Gasteiger partial charge on any atom is 0.129 e. The lowest BCUT2D eigenvalue weighted by atomic mass is 9.79. The lowest BCUT2D eigenvalue weighted by Gasteiger charge is -2.43. The molecule has 2 fully saturated rings. The van der Waals surface area contributed by atoms with E-state index in [0.29, 0.717) is 25.2 Å². The first-order valence-electron chi connectivity index (χ1n) is 8.68. The Morgan fingerprint density at radius 2 is 2.17 bits per heavy atom. The lowest BCUT2D eigenvalue weighted by molar-refractivity contribution is -0.108. The molecule has 0 spiro atoms. The van der Waals surface area contributed by atoms with E-state index >= 15 is 0 Å². The summed E-state index contributed by atoms with van der Waals surface area (Å²) in [6.45, 7) is 4.02. The van der Waals surface area contributed by atoms with Gasteiger partial charge in [-0.25, -0.2) is 9.37 Å². The number of hydrogen-bond acceptors (Lipinski definition) is 4. The average Bonchev–Trinajstić information content (AvgIpc) is 3.03. The third-order valence-electron chi connectivity index (χ3n) is 5.55. The highest BCUT2D eigenvalue weighted by atomic mass is 19.1. The van der Waals surface area contributed by atoms with Gasteiger partial charge in [-0.2, -0.15) is 0 Å². The predicted octanol–water partition coefficient (Wildman–Crippen LogP) is 3.13. The summed E-state index contributed by atoms with van der Waals surface area (Å²) >= 11 is 0. The van der Waals surface area contributed by atoms with E-state index in [2.05, 4.69) is 9.88 Å². The van der Waals surface area contributed by atoms with Crippen molar-refractivity contribution < 1.29 is 14.2 Å². The Kier molecular flexibility index (Phi) is 3.93. The van der Waals surface area contributed by atoms with E-state index in [9.17, 15) is 9.50 Å². The second kappa shape index (κ2) is 5.97. The molecular weight excluding hydrogens is 307 g/mol. The van der Waals surface area contributed by atoms with Crippen LogP contribution in [0.1, 0.15) is 26.2 Å². The highest BCUT2D eigenvalue weighted by Crippen LogP contribution is 2.37. The molecule has 4 nitrogen and oxygen atoms in total. The van der Waals surface area contributed by atoms with Crippen LogP contribution in [-0.4, -0.2) is 41.5 Å². The molecule has 2 aromatic rings. The van der Waals surface area contributed by atoms with Gasteiger partial charge in [0.15, 0.2) is 0 Å². The van der Waals surface area contributed by atoms with Crippen molar-refractivity contribution in [2.24, 2.45) is 5.92 Å². The van der Waals surface area contributed by atoms with Crippen LogP contribution in [0.4, 0.5) is 10.2 Å². The number of benzene rings is 1. The van der Waals surface area contributed by atoms with Crippen LogP contribution in [-0.2, 0) is 4.74 Å². The summed E-state index contributed by atoms with van der Waals surface area (Å²) in [6.07, 6.45) is 2.76. The summed E-state index contributed by atoms with van der Waals surface area (Å²) in [4.78, 5) is 6.94. The second-order valence-electron chi connectivity index (χ2n) is 7.20. The number of anilines is 1. The number of hydrogen-bond donors (Lipinski definition) is 1. The number of nitrogens with zero attached hydrogens (tertiary/aromatic N) is 2. The molecule has 1 aromatic heterocycles. The van der Waals surface area contributed by atoms with Crippen molar-refractivity contribution in [3.8, 4) is 0 Å². The fraction of sp³-hybridized carbons (Fsp3) is 0.526. The Hall–Kier alpha value is -1.72. The van der Waals surface area contributed by atoms with Crippen LogP contribution in [0.2, 0.25) is 0 Å². The van der Waals surface area contributed by atoms with Gasteiger partial charge in [-0.1, -0.05) is 0 Å². The highest BCUT2D eigenvalue weighted by Gasteiger charge is 2.44. The van der Waals surface area contributed by atoms with Crippen LogP contribution < -0.4 is 4.90 Å². The number of halogens is 1. The Morgan fingerprint density at radius 3 is 3.00 bits per heavy atom. The molecule has 128 valence electrons. The first-order chi connectivity index (χ1) is 11.5. The third-order valence-corrected chi connectivity index (χ3v) is 5.55. The van der Waals surface area contributed by atoms with E-state index in [1.54, 1.807) is 6.07 Å². The summed E-state index contributed by atoms with van der Waals surface area (Å²) < 4.78 is 19.2. The third kappa shape index (κ3) is 2.76. The molecule has 3 atom stereocenters. The number of aliphatic hydroxyl groups is 1. The van der Waals surface area contributed by atoms with Crippen molar-refractivity contribution in [1.29, 1.82) is 0 Å². The zero-order chi connectivity index (χ0) is 16.7. The zero-order valence-corrected chi connectivity index (χ0v) is 13.9. The molecule has 2 aliphatic heterocycles. The van der Waals surface area contributed by atoms with Crippen LogP contribution >= 0.6 is 0 Å². The van der Waals surface area contributed by atoms with Crippen LogP contribution in [0.3, 0.4) is 0 Å². The predicted molar refractivity (Wildman–Crippen MR) is 91.6 cm³/mol. The first-order valence-corrected chi connectivity index (χ1v) is 8.68. The van der Waals surface area contributed by atoms with E-state index in [4.69, 9.17) is 4.74 Å². The Bertz CT molecular complexity index is 749. The van der Waals surface area contributed by atoms with E-state index in [1.165, 1.54) is 12.1 Å². The quantitative estimate of drug-likeness (QED) is 0.919. The molecule has 3 heterocycles. The van der Waals surface area contributed by atoms with E-state index < -0.39 is 5.60 Å². The van der Waals surface area contributed by atoms with Gasteiger partial charge in [0.25, 0.3) is 0 Å². The normalized spacial score (nSPS) is 30.9. The summed E-state index contributed by atoms with van der Waals surface area (Å²) in [7, 11) is 0. The van der Waals surface area contributed by atoms with Crippen LogP contribution in [0.15, 0.2) is 30.3 Å². The largest absolute Gasteiger partial charge is 0.390 e. The average molecular weight is 330 g/mol. The minimum atomic E-state index is -0.714. The van der Waals surface area contributed by atoms with Crippen molar-refractivity contribution >= 4 is 16.7 Å². The summed E-state index contributed by atoms with van der Waals surface area (Å²) in [5.41, 5.74) is -0.0427. The summed E-state index contributed by atoms with van der Waals surface area (Å²) in [5.74, 6) is 0.657. The van der Waals surface area contributed by atoms with Crippen LogP contribution in [0, 0.1) is 11.7 Å². The summed E-state index contributed by atoms with van der Waals surface area (Å²) in [5, 5.41) is 11.7. The fourth-order valence-electron chi connectivity index (χ4n) is 4.11. The molecular formula is C19H23FN2O2. The second-order valence-corrected chi connectivity index (χ2v) is 7.20. The van der Waals surface area contributed by atoms with Gasteiger partial charge in [-0.15, -0.1) is 0 Å². The van der Waals surface area contributed by atoms with Crippen LogP contribution in [0.25, 0.3) is 10.9 Å². The van der Waals surface area contributed by atoms with Crippen molar-refractivity contribution in [2.75, 3.05) is 24.7 Å². The molecule has 24 heavy (non-hydrogen) atoms.